The molecule has 2 aromatic heterocycles. The number of primary amides is 2. The van der Waals surface area contributed by atoms with Crippen LogP contribution in [0, 0.1) is 17.5 Å². The number of benzene rings is 6. The maximum Gasteiger partial charge on any atom is 0.451 e. The average molecular weight is 1710 g/mol. The minimum Gasteiger partial charge on any atom is -0.366 e. The van der Waals surface area contributed by atoms with E-state index in [9.17, 15) is 68.3 Å². The Bertz CT molecular complexity index is 4920. The predicted molar refractivity (Wildman–Crippen MR) is 449 cm³/mol. The third-order valence-electron chi connectivity index (χ3n) is 27.1. The van der Waals surface area contributed by atoms with Gasteiger partial charge in [0.1, 0.15) is 11.5 Å². The molecule has 4 aliphatic heterocycles. The number of nitrogens with one attached hydrogen (secondary N) is 4. The summed E-state index contributed by atoms with van der Waals surface area (Å²) < 4.78 is 120. The zero-order valence-electron chi connectivity index (χ0n) is 70.2. The predicted octanol–water partition coefficient (Wildman–Crippen LogP) is 14.3. The molecule has 24 nitrogen and oxygen atoms in total. The molecule has 4 saturated carbocycles. The van der Waals surface area contributed by atoms with Crippen LogP contribution in [0.15, 0.2) is 176 Å². The number of aromatic nitrogens is 4. The van der Waals surface area contributed by atoms with Crippen LogP contribution in [0.5, 0.6) is 0 Å². The number of nitrogens with two attached hydrogens (primary N) is 2. The van der Waals surface area contributed by atoms with Gasteiger partial charge < -0.3 is 42.5 Å². The van der Waals surface area contributed by atoms with Crippen molar-refractivity contribution in [2.24, 2.45) is 11.5 Å². The summed E-state index contributed by atoms with van der Waals surface area (Å²) in [5, 5.41) is 12.3. The SMILES string of the molecule is CN(C)C1(Cc2ccccc2)CCC2(CC1)CN(c1cnc(C(F)(F)F)nc1)C(=O)N2.CN(C)C1(Cc2ccccc2)CCC2(CC1)CN(c1cnc(C(F)(F)F)nc1)C(=O)N2.CN(C)C1(c2ccccc2)CCC2(CC1)CN(c1c(F)cc(C(N)=O)cc1F)C(=O)N2.CN(C)C1(c2ccccc2)CCC2(CC1)CN(c1ccc(C(N)=O)cc1F)C(=O)N2. The fourth-order valence-electron chi connectivity index (χ4n) is 19.5. The second-order valence-corrected chi connectivity index (χ2v) is 35.0. The van der Waals surface area contributed by atoms with Crippen LogP contribution in [0.3, 0.4) is 0 Å². The first-order chi connectivity index (χ1) is 58.2. The van der Waals surface area contributed by atoms with Gasteiger partial charge in [0.2, 0.25) is 23.5 Å². The van der Waals surface area contributed by atoms with Gasteiger partial charge in [-0.3, -0.25) is 39.0 Å². The zero-order chi connectivity index (χ0) is 88.5. The van der Waals surface area contributed by atoms with Crippen LogP contribution in [0.4, 0.5) is 81.4 Å². The summed E-state index contributed by atoms with van der Waals surface area (Å²) >= 11 is 0. The molecule has 4 saturated heterocycles. The largest absolute Gasteiger partial charge is 0.451 e. The van der Waals surface area contributed by atoms with E-state index in [-0.39, 0.29) is 80.5 Å². The van der Waals surface area contributed by atoms with E-state index in [1.165, 1.54) is 49.1 Å². The minimum absolute atomic E-state index is 0.00220. The van der Waals surface area contributed by atoms with Gasteiger partial charge in [0, 0.05) is 33.3 Å². The van der Waals surface area contributed by atoms with Crippen molar-refractivity contribution in [2.45, 2.75) is 172 Å². The number of alkyl halides is 6. The molecule has 0 unspecified atom stereocenters. The Balaban J connectivity index is 0.000000141. The standard InChI is InChI=1S/C23H26F2N4O2.C23H27FN4O2.2C22H26F3N5O/c1-28(2)23(16-6-4-3-5-7-16)10-8-22(9-11-23)14-29(21(31)27-22)19-17(24)12-15(20(26)30)13-18(19)25;1-27(2)23(17-6-4-3-5-7-17)12-10-22(11-13-23)15-28(21(30)26-22)19-9-8-16(20(25)29)14-18(19)24;2*1-29(2)21(12-16-6-4-3-5-7-16)10-8-20(9-11-21)15-30(19(31)28-20)17-13-26-18(27-14-17)22(23,24)25/h3-7,12-13H,8-11,14H2,1-2H3,(H2,26,30)(H,27,31);3-9,14H,10-13,15H2,1-2H3,(H2,25,29)(H,26,30);2*3-7,13-14H,8-12,15H2,1-2H3,(H,28,31). The number of halogens is 9. The lowest BCUT2D eigenvalue weighted by atomic mass is 9.69. The highest BCUT2D eigenvalue weighted by Gasteiger charge is 2.56. The summed E-state index contributed by atoms with van der Waals surface area (Å²) in [4.78, 5) is 101. The van der Waals surface area contributed by atoms with E-state index in [0.29, 0.717) is 32.5 Å². The van der Waals surface area contributed by atoms with Gasteiger partial charge in [-0.25, -0.2) is 52.3 Å². The van der Waals surface area contributed by atoms with Crippen LogP contribution in [-0.4, -0.2) is 191 Å². The summed E-state index contributed by atoms with van der Waals surface area (Å²) in [5.74, 6) is -6.63. The molecule has 8 aromatic rings. The third kappa shape index (κ3) is 18.8. The van der Waals surface area contributed by atoms with Crippen molar-refractivity contribution >= 4 is 58.7 Å². The molecule has 33 heteroatoms. The topological polar surface area (TPSA) is 280 Å². The number of carbonyl (C=O) groups is 6. The molecular weight excluding hydrogens is 1600 g/mol. The van der Waals surface area contributed by atoms with Crippen molar-refractivity contribution in [3.8, 4) is 0 Å². The van der Waals surface area contributed by atoms with E-state index in [0.717, 1.165) is 151 Å². The molecule has 6 heterocycles. The first-order valence-electron chi connectivity index (χ1n) is 41.1. The third-order valence-corrected chi connectivity index (χ3v) is 27.1. The van der Waals surface area contributed by atoms with Crippen molar-refractivity contribution in [2.75, 3.05) is 102 Å². The van der Waals surface area contributed by atoms with Crippen LogP contribution >= 0.6 is 0 Å². The number of likely N-dealkylation sites (N-methyl/N-ethyl adjacent to an activating group) is 2. The van der Waals surface area contributed by atoms with Gasteiger partial charge in [0.15, 0.2) is 11.6 Å². The lowest BCUT2D eigenvalue weighted by molar-refractivity contribution is -0.145. The van der Waals surface area contributed by atoms with Crippen LogP contribution in [0.25, 0.3) is 0 Å². The van der Waals surface area contributed by atoms with Crippen molar-refractivity contribution in [1.29, 1.82) is 0 Å². The average Bonchev–Trinajstić information content (AvgIpc) is 1.46. The molecular formula is C90H105F9N18O6. The summed E-state index contributed by atoms with van der Waals surface area (Å²) in [6, 6.07) is 45.7. The Morgan fingerprint density at radius 2 is 0.667 bits per heavy atom. The van der Waals surface area contributed by atoms with Gasteiger partial charge in [-0.1, -0.05) is 121 Å². The van der Waals surface area contributed by atoms with Gasteiger partial charge in [0.05, 0.1) is 90.2 Å². The molecule has 4 spiro atoms. The molecule has 0 radical (unpaired) electrons. The summed E-state index contributed by atoms with van der Waals surface area (Å²) in [6.07, 6.45) is 10.0. The number of hydrogen-bond acceptors (Lipinski definition) is 14. The molecule has 16 rings (SSSR count). The first kappa shape index (κ1) is 89.5. The van der Waals surface area contributed by atoms with Crippen molar-refractivity contribution < 1.29 is 68.3 Å². The molecule has 4 aliphatic carbocycles. The molecule has 0 bridgehead atoms. The van der Waals surface area contributed by atoms with Gasteiger partial charge in [-0.05, 0) is 225 Å². The van der Waals surface area contributed by atoms with Crippen molar-refractivity contribution in [1.82, 2.24) is 60.8 Å². The minimum atomic E-state index is -4.61. The molecule has 654 valence electrons. The lowest BCUT2D eigenvalue weighted by Crippen LogP contribution is -2.56. The first-order valence-corrected chi connectivity index (χ1v) is 41.1. The van der Waals surface area contributed by atoms with Gasteiger partial charge in [0.25, 0.3) is 0 Å². The van der Waals surface area contributed by atoms with Crippen LogP contribution < -0.4 is 52.3 Å². The second kappa shape index (κ2) is 35.1. The zero-order valence-corrected chi connectivity index (χ0v) is 70.2. The quantitative estimate of drug-likeness (QED) is 0.0491. The maximum absolute atomic E-state index is 14.6. The molecule has 0 atom stereocenters. The van der Waals surface area contributed by atoms with E-state index in [4.69, 9.17) is 11.5 Å². The Morgan fingerprint density at radius 1 is 0.374 bits per heavy atom. The van der Waals surface area contributed by atoms with Crippen LogP contribution in [0.1, 0.15) is 157 Å². The fraction of sp³-hybridized carbons (Fsp3) is 0.444. The second-order valence-electron chi connectivity index (χ2n) is 35.0. The molecule has 8 aliphatic rings. The molecule has 10 amide bonds. The van der Waals surface area contributed by atoms with Crippen molar-refractivity contribution in [3.05, 3.63) is 239 Å². The molecule has 6 aromatic carbocycles. The van der Waals surface area contributed by atoms with Gasteiger partial charge in [-0.2, -0.15) is 26.3 Å². The summed E-state index contributed by atoms with van der Waals surface area (Å²) in [6.45, 7) is 1.36. The monoisotopic (exact) mass is 1700 g/mol. The smallest absolute Gasteiger partial charge is 0.366 e. The highest BCUT2D eigenvalue weighted by atomic mass is 19.4. The molecule has 8 N–H and O–H groups in total. The summed E-state index contributed by atoms with van der Waals surface area (Å²) in [5.41, 5.74) is 13.5. The number of rotatable bonds is 16. The Morgan fingerprint density at radius 3 is 0.976 bits per heavy atom. The molecule has 123 heavy (non-hydrogen) atoms. The van der Waals surface area contributed by atoms with Gasteiger partial charge in [-0.15, -0.1) is 0 Å². The molecule has 8 fully saturated rings. The number of anilines is 4. The van der Waals surface area contributed by atoms with Gasteiger partial charge >= 0.3 is 36.5 Å². The van der Waals surface area contributed by atoms with E-state index in [1.807, 2.05) is 60.7 Å². The maximum atomic E-state index is 14.6. The Labute approximate surface area is 709 Å². The number of hydrogen-bond donors (Lipinski definition) is 6. The fourth-order valence-corrected chi connectivity index (χ4v) is 19.5. The highest BCUT2D eigenvalue weighted by Crippen LogP contribution is 2.51. The van der Waals surface area contributed by atoms with E-state index >= 15 is 0 Å². The summed E-state index contributed by atoms with van der Waals surface area (Å²) in [7, 11) is 16.7. The lowest BCUT2D eigenvalue weighted by Gasteiger charge is -2.48. The highest BCUT2D eigenvalue weighted by molar-refractivity contribution is 5.99. The number of carbonyl (C=O) groups excluding carboxylic acids is 6. The van der Waals surface area contributed by atoms with E-state index in [1.54, 1.807) is 0 Å². The normalized spacial score (nSPS) is 26.3. The van der Waals surface area contributed by atoms with E-state index < -0.39 is 81.6 Å². The Kier molecular flexibility index (Phi) is 25.6. The number of amides is 10. The number of nitrogens with zero attached hydrogens (tertiary/aromatic N) is 12. The Hall–Kier alpha value is -11.3. The van der Waals surface area contributed by atoms with E-state index in [2.05, 4.69) is 178 Å². The number of urea groups is 4. The van der Waals surface area contributed by atoms with Crippen LogP contribution in [-0.2, 0) is 36.3 Å². The van der Waals surface area contributed by atoms with Crippen molar-refractivity contribution in [3.63, 3.8) is 0 Å². The van der Waals surface area contributed by atoms with Crippen LogP contribution in [0.2, 0.25) is 0 Å².